The van der Waals surface area contributed by atoms with Crippen molar-refractivity contribution in [1.82, 2.24) is 15.1 Å². The van der Waals surface area contributed by atoms with Gasteiger partial charge in [0.05, 0.1) is 18.7 Å². The van der Waals surface area contributed by atoms with Crippen LogP contribution in [0.3, 0.4) is 0 Å². The lowest BCUT2D eigenvalue weighted by molar-refractivity contribution is -0.133. The molecule has 4 atom stereocenters. The first-order valence-electron chi connectivity index (χ1n) is 20.9. The largest absolute Gasteiger partial charge is 0.377 e. The van der Waals surface area contributed by atoms with Gasteiger partial charge in [0.25, 0.3) is 0 Å². The number of hydrogen-bond donors (Lipinski definition) is 3. The smallest absolute Gasteiger partial charge is 0.222 e. The van der Waals surface area contributed by atoms with Gasteiger partial charge in [-0.1, -0.05) is 63.1 Å². The molecule has 0 radical (unpaired) electrons. The number of guanidine groups is 1. The molecule has 0 saturated carbocycles. The normalized spacial score (nSPS) is 26.5. The summed E-state index contributed by atoms with van der Waals surface area (Å²) in [6.45, 7) is 6.01. The Hall–Kier alpha value is -2.24. The minimum Gasteiger partial charge on any atom is -0.377 e. The molecule has 2 spiro atoms. The first-order valence-corrected chi connectivity index (χ1v) is 20.9. The standard InChI is InChI=1S/C41H68N6O4/c42-22-11-12-24-46(25-16-23-43)38(48)17-8-6-4-2-1-3-5-7-13-26-49-32-33-18-19-34-35(29-33)37-31-41(21-10-15-28-51-41)45-39-44-40(20-9-14-27-50-40)30-36(34)47(37)39/h18-19,29,36-37H,1-17,20-28,30-32,42-43H2,(H,44,45)/t36-,37+,40+,41-/m1/s1. The number of nitrogens with two attached hydrogens (primary N) is 2. The van der Waals surface area contributed by atoms with Crippen LogP contribution in [0.5, 0.6) is 0 Å². The van der Waals surface area contributed by atoms with E-state index in [0.717, 1.165) is 116 Å². The second kappa shape index (κ2) is 19.2. The van der Waals surface area contributed by atoms with Crippen molar-refractivity contribution in [1.29, 1.82) is 0 Å². The van der Waals surface area contributed by atoms with Crippen LogP contribution in [0.2, 0.25) is 0 Å². The van der Waals surface area contributed by atoms with Crippen LogP contribution in [0.4, 0.5) is 0 Å². The van der Waals surface area contributed by atoms with Crippen molar-refractivity contribution >= 4 is 11.9 Å². The number of hydrogen-bond acceptors (Lipinski definition) is 9. The van der Waals surface area contributed by atoms with E-state index in [1.165, 1.54) is 68.1 Å². The summed E-state index contributed by atoms with van der Waals surface area (Å²) < 4.78 is 19.2. The van der Waals surface area contributed by atoms with Crippen LogP contribution in [0.15, 0.2) is 23.2 Å². The molecule has 0 aliphatic carbocycles. The molecule has 0 bridgehead atoms. The van der Waals surface area contributed by atoms with Gasteiger partial charge in [-0.15, -0.1) is 0 Å². The number of unbranched alkanes of at least 4 members (excludes halogenated alkanes) is 9. The molecule has 0 aromatic heterocycles. The number of ether oxygens (including phenoxy) is 3. The van der Waals surface area contributed by atoms with Gasteiger partial charge in [0, 0.05) is 52.2 Å². The zero-order valence-electron chi connectivity index (χ0n) is 31.5. The number of amides is 1. The second-order valence-corrected chi connectivity index (χ2v) is 15.9. The number of nitrogens with one attached hydrogen (secondary N) is 1. The van der Waals surface area contributed by atoms with Gasteiger partial charge >= 0.3 is 0 Å². The SMILES string of the molecule is NCCCCN(CCCN)C(=O)CCCCCCCCCCCOCc1ccc2c(c1)[C@@H]1C[C@]3(CCCCO3)N=C3N[C@]4(CCCCO4)C[C@H]2N31. The Bertz CT molecular complexity index is 1260. The van der Waals surface area contributed by atoms with Crippen molar-refractivity contribution in [2.24, 2.45) is 16.5 Å². The Morgan fingerprint density at radius 2 is 1.53 bits per heavy atom. The van der Waals surface area contributed by atoms with E-state index in [0.29, 0.717) is 32.2 Å². The maximum atomic E-state index is 12.7. The topological polar surface area (TPSA) is 128 Å². The minimum absolute atomic E-state index is 0.278. The highest BCUT2D eigenvalue weighted by atomic mass is 16.5. The summed E-state index contributed by atoms with van der Waals surface area (Å²) in [4.78, 5) is 22.5. The average Bonchev–Trinajstić information content (AvgIpc) is 3.44. The van der Waals surface area contributed by atoms with E-state index in [9.17, 15) is 4.79 Å². The quantitative estimate of drug-likeness (QED) is 0.117. The van der Waals surface area contributed by atoms with Crippen LogP contribution < -0.4 is 16.8 Å². The molecule has 10 heteroatoms. The molecule has 1 aromatic carbocycles. The molecule has 5 N–H and O–H groups in total. The summed E-state index contributed by atoms with van der Waals surface area (Å²) >= 11 is 0. The number of carbonyl (C=O) groups is 1. The fraction of sp³-hybridized carbons (Fsp3) is 0.805. The summed E-state index contributed by atoms with van der Waals surface area (Å²) in [6, 6.07) is 7.64. The van der Waals surface area contributed by atoms with Crippen molar-refractivity contribution in [2.75, 3.05) is 46.0 Å². The third-order valence-electron chi connectivity index (χ3n) is 12.0. The Balaban J connectivity index is 0.877. The summed E-state index contributed by atoms with van der Waals surface area (Å²) in [5.74, 6) is 1.28. The van der Waals surface area contributed by atoms with Crippen molar-refractivity contribution in [3.05, 3.63) is 34.9 Å². The molecular formula is C41H68N6O4. The molecule has 5 heterocycles. The maximum Gasteiger partial charge on any atom is 0.222 e. The molecule has 286 valence electrons. The monoisotopic (exact) mass is 709 g/mol. The fourth-order valence-corrected chi connectivity index (χ4v) is 9.15. The van der Waals surface area contributed by atoms with Crippen LogP contribution in [0.1, 0.15) is 164 Å². The van der Waals surface area contributed by atoms with Crippen LogP contribution in [0.25, 0.3) is 0 Å². The number of fused-ring (bicyclic) bond motifs is 3. The second-order valence-electron chi connectivity index (χ2n) is 15.9. The molecule has 3 saturated heterocycles. The van der Waals surface area contributed by atoms with Gasteiger partial charge in [-0.3, -0.25) is 4.79 Å². The van der Waals surface area contributed by atoms with Gasteiger partial charge in [0.15, 0.2) is 11.7 Å². The van der Waals surface area contributed by atoms with E-state index in [1.807, 2.05) is 4.90 Å². The first-order chi connectivity index (χ1) is 25.1. The Kier molecular flexibility index (Phi) is 14.5. The van der Waals surface area contributed by atoms with E-state index in [1.54, 1.807) is 0 Å². The molecule has 5 aliphatic rings. The van der Waals surface area contributed by atoms with Crippen LogP contribution in [-0.2, 0) is 25.6 Å². The highest BCUT2D eigenvalue weighted by Gasteiger charge is 2.56. The van der Waals surface area contributed by atoms with Crippen molar-refractivity contribution < 1.29 is 19.0 Å². The van der Waals surface area contributed by atoms with E-state index in [2.05, 4.69) is 28.4 Å². The molecule has 5 aliphatic heterocycles. The van der Waals surface area contributed by atoms with Crippen molar-refractivity contribution in [3.8, 4) is 0 Å². The number of carbonyl (C=O) groups excluding carboxylic acids is 1. The predicted octanol–water partition coefficient (Wildman–Crippen LogP) is 6.96. The lowest BCUT2D eigenvalue weighted by Gasteiger charge is -2.53. The Morgan fingerprint density at radius 1 is 0.824 bits per heavy atom. The molecular weight excluding hydrogens is 640 g/mol. The number of nitrogens with zero attached hydrogens (tertiary/aromatic N) is 3. The molecule has 1 amide bonds. The van der Waals surface area contributed by atoms with E-state index < -0.39 is 5.72 Å². The third-order valence-corrected chi connectivity index (χ3v) is 12.0. The number of aliphatic imine (C=N–C) groups is 1. The van der Waals surface area contributed by atoms with Crippen LogP contribution >= 0.6 is 0 Å². The maximum absolute atomic E-state index is 12.7. The van der Waals surface area contributed by atoms with Crippen LogP contribution in [0, 0.1) is 0 Å². The van der Waals surface area contributed by atoms with Gasteiger partial charge < -0.3 is 40.8 Å². The molecule has 0 unspecified atom stereocenters. The lowest BCUT2D eigenvalue weighted by atomic mass is 9.89. The van der Waals surface area contributed by atoms with Gasteiger partial charge in [0.2, 0.25) is 5.91 Å². The molecule has 1 aromatic rings. The molecule has 51 heavy (non-hydrogen) atoms. The third kappa shape index (κ3) is 10.0. The number of benzene rings is 1. The van der Waals surface area contributed by atoms with Crippen molar-refractivity contribution in [2.45, 2.75) is 165 Å². The predicted molar refractivity (Wildman–Crippen MR) is 203 cm³/mol. The first kappa shape index (κ1) is 38.5. The Morgan fingerprint density at radius 3 is 2.25 bits per heavy atom. The average molecular weight is 709 g/mol. The zero-order chi connectivity index (χ0) is 35.4. The summed E-state index contributed by atoms with van der Waals surface area (Å²) in [7, 11) is 0. The van der Waals surface area contributed by atoms with E-state index in [-0.39, 0.29) is 17.7 Å². The zero-order valence-corrected chi connectivity index (χ0v) is 31.5. The van der Waals surface area contributed by atoms with Crippen LogP contribution in [-0.4, -0.2) is 79.1 Å². The number of rotatable bonds is 21. The molecule has 6 rings (SSSR count). The molecule has 3 fully saturated rings. The fourth-order valence-electron chi connectivity index (χ4n) is 9.15. The van der Waals surface area contributed by atoms with E-state index >= 15 is 0 Å². The summed E-state index contributed by atoms with van der Waals surface area (Å²) in [5, 5.41) is 3.82. The minimum atomic E-state index is -0.425. The van der Waals surface area contributed by atoms with Gasteiger partial charge in [-0.25, -0.2) is 4.99 Å². The van der Waals surface area contributed by atoms with Gasteiger partial charge in [0.1, 0.15) is 5.72 Å². The lowest BCUT2D eigenvalue weighted by Crippen LogP contribution is -2.65. The highest BCUT2D eigenvalue weighted by Crippen LogP contribution is 2.55. The van der Waals surface area contributed by atoms with Crippen molar-refractivity contribution in [3.63, 3.8) is 0 Å². The van der Waals surface area contributed by atoms with Gasteiger partial charge in [-0.2, -0.15) is 0 Å². The van der Waals surface area contributed by atoms with E-state index in [4.69, 9.17) is 30.7 Å². The van der Waals surface area contributed by atoms with Gasteiger partial charge in [-0.05, 0) is 100 Å². The summed E-state index contributed by atoms with van der Waals surface area (Å²) in [6.07, 6.45) is 22.8. The highest BCUT2D eigenvalue weighted by molar-refractivity contribution is 5.85. The Labute approximate surface area is 307 Å². The summed E-state index contributed by atoms with van der Waals surface area (Å²) in [5.41, 5.74) is 14.7. The molecule has 10 nitrogen and oxygen atoms in total.